The quantitative estimate of drug-likeness (QED) is 0.0126. The third kappa shape index (κ3) is 16.7. The van der Waals surface area contributed by atoms with Gasteiger partial charge in [-0.15, -0.1) is 0 Å². The number of rotatable bonds is 26. The second-order valence-electron chi connectivity index (χ2n) is 21.0. The molecule has 1 amide bonds. The number of carbonyl (C=O) groups is 1. The van der Waals surface area contributed by atoms with Crippen molar-refractivity contribution in [2.45, 2.75) is 221 Å². The summed E-state index contributed by atoms with van der Waals surface area (Å²) in [7, 11) is 2.19. The molecule has 7 rings (SSSR count). The third-order valence-corrected chi connectivity index (χ3v) is 17.9. The number of hydrogen-bond acceptors (Lipinski definition) is 37. The molecule has 0 bridgehead atoms. The molecule has 39 heteroatoms. The highest BCUT2D eigenvalue weighted by Crippen LogP contribution is 2.37. The summed E-state index contributed by atoms with van der Waals surface area (Å²) < 4.78 is 68.6. The lowest BCUT2D eigenvalue weighted by molar-refractivity contribution is -0.508. The number of ether oxygens (including phenoxy) is 12. The first kappa shape index (κ1) is 71.2. The molecule has 6 fully saturated rings. The van der Waals surface area contributed by atoms with Crippen molar-refractivity contribution in [1.82, 2.24) is 5.32 Å². The maximum Gasteiger partial charge on any atom is 0.263 e. The SMILES string of the molecule is CC(NC(=O)CCCO[C@@H]1OC(CO[C@@H]2OC(CO[C@@H]3OC(CO)[C@H](O)[C@H](O)C3O[C@@H]3OC(CO)[C@H](O)[C@H](O)C3O)[C@H](O)[C@H](O)C2O)[C@H](O)[C@H](O[C@@H]2OC(CO)[C@H](O)[C@H](O)C2O[C@@H]2OC(CO)[C@H](O)[C@H](O)C2O)C1O)SSC1N=CC=CC1[N+](=O)[O-]. The lowest BCUT2D eigenvalue weighted by atomic mass is 9.96. The molecule has 0 aliphatic carbocycles. The standard InChI is InChI=1S/C47H77N3O34S2/c1-14(85-86-41-15(50(71)72)4-2-6-48-41)49-22(55)5-3-7-73-43-37(70)38(82-47-40(33(66)26(59)19(11-54)79-47)84-45-36(69)30(63)24(57)17(9-52)77-45)28(61)21(81-43)13-74-42-34(67)31(64)27(60)20(80-42)12-75-46-39(32(65)25(58)18(10-53)78-46)83-44-35(68)29(62)23(56)16(8-51)76-44/h2,4,6,14-21,23-47,51-54,56-70H,3,5,7-13H2,1H3,(H,49,55)/t14?,15?,16?,17?,18?,19?,20?,21?,23-,24-,25-,26-,27-,28-,29-,30-,31-,32-,33-,34?,35?,36?,37?,38-,39?,40?,41?,42+,43+,44-,45-,46+,47-/m0/s1. The van der Waals surface area contributed by atoms with Crippen molar-refractivity contribution in [3.63, 3.8) is 0 Å². The minimum atomic E-state index is -2.12. The van der Waals surface area contributed by atoms with E-state index >= 15 is 0 Å². The van der Waals surface area contributed by atoms with Crippen molar-refractivity contribution < 1.29 is 164 Å². The van der Waals surface area contributed by atoms with Gasteiger partial charge in [-0.3, -0.25) is 19.9 Å². The predicted molar refractivity (Wildman–Crippen MR) is 277 cm³/mol. The first-order chi connectivity index (χ1) is 40.8. The monoisotopic (exact) mass is 1290 g/mol. The van der Waals surface area contributed by atoms with E-state index in [4.69, 9.17) is 56.8 Å². The largest absolute Gasteiger partial charge is 0.394 e. The van der Waals surface area contributed by atoms with Crippen LogP contribution in [-0.4, -0.2) is 361 Å². The minimum Gasteiger partial charge on any atom is -0.394 e. The molecule has 20 N–H and O–H groups in total. The number of nitro groups is 1. The van der Waals surface area contributed by atoms with Crippen LogP contribution < -0.4 is 5.32 Å². The zero-order valence-electron chi connectivity index (χ0n) is 45.5. The molecule has 0 saturated carbocycles. The van der Waals surface area contributed by atoms with E-state index in [0.29, 0.717) is 0 Å². The van der Waals surface area contributed by atoms with Gasteiger partial charge in [-0.05, 0) is 25.5 Å². The Labute approximate surface area is 495 Å². The van der Waals surface area contributed by atoms with Crippen molar-refractivity contribution >= 4 is 33.7 Å². The molecule has 33 atom stereocenters. The number of dihydropyridines is 1. The van der Waals surface area contributed by atoms with Crippen LogP contribution in [0.15, 0.2) is 17.1 Å². The van der Waals surface area contributed by atoms with E-state index in [1.807, 2.05) is 0 Å². The normalized spacial score (nSPS) is 46.9. The van der Waals surface area contributed by atoms with Gasteiger partial charge in [-0.2, -0.15) is 0 Å². The smallest absolute Gasteiger partial charge is 0.263 e. The maximum atomic E-state index is 13.0. The van der Waals surface area contributed by atoms with Crippen LogP contribution in [-0.2, 0) is 61.6 Å². The van der Waals surface area contributed by atoms with E-state index in [1.54, 1.807) is 6.92 Å². The van der Waals surface area contributed by atoms with Crippen LogP contribution in [0, 0.1) is 10.1 Å². The van der Waals surface area contributed by atoms with Crippen LogP contribution >= 0.6 is 21.6 Å². The van der Waals surface area contributed by atoms with Gasteiger partial charge in [0.1, 0.15) is 146 Å². The zero-order valence-corrected chi connectivity index (χ0v) is 47.1. The first-order valence-corrected chi connectivity index (χ1v) is 29.5. The number of hydrogen-bond donors (Lipinski definition) is 20. The molecule has 7 aliphatic heterocycles. The summed E-state index contributed by atoms with van der Waals surface area (Å²) in [4.78, 5) is 28.1. The second-order valence-corrected chi connectivity index (χ2v) is 23.8. The molecule has 7 aliphatic rings. The molecule has 37 nitrogen and oxygen atoms in total. The maximum absolute atomic E-state index is 13.0. The van der Waals surface area contributed by atoms with Gasteiger partial charge >= 0.3 is 0 Å². The lowest BCUT2D eigenvalue weighted by Crippen LogP contribution is -2.67. The summed E-state index contributed by atoms with van der Waals surface area (Å²) in [5, 5.41) is 216. The summed E-state index contributed by atoms with van der Waals surface area (Å²) in [6.45, 7) is -4.23. The van der Waals surface area contributed by atoms with Crippen LogP contribution in [0.1, 0.15) is 19.8 Å². The number of allylic oxidation sites excluding steroid dienone is 1. The van der Waals surface area contributed by atoms with E-state index in [1.165, 1.54) is 18.4 Å². The third-order valence-electron chi connectivity index (χ3n) is 15.0. The van der Waals surface area contributed by atoms with Crippen LogP contribution in [0.25, 0.3) is 0 Å². The molecule has 0 aromatic carbocycles. The highest BCUT2D eigenvalue weighted by atomic mass is 33.1. The Kier molecular flexibility index (Phi) is 26.8. The fourth-order valence-corrected chi connectivity index (χ4v) is 12.4. The lowest BCUT2D eigenvalue weighted by Gasteiger charge is -2.48. The Morgan fingerprint density at radius 2 is 0.930 bits per heavy atom. The van der Waals surface area contributed by atoms with E-state index in [0.717, 1.165) is 21.6 Å². The van der Waals surface area contributed by atoms with Gasteiger partial charge in [-0.25, -0.2) is 0 Å². The molecule has 496 valence electrons. The molecule has 0 aromatic heterocycles. The van der Waals surface area contributed by atoms with Crippen molar-refractivity contribution in [2.75, 3.05) is 46.2 Å². The van der Waals surface area contributed by atoms with Crippen molar-refractivity contribution in [1.29, 1.82) is 0 Å². The average molecular weight is 1290 g/mol. The highest BCUT2D eigenvalue weighted by Gasteiger charge is 2.56. The molecule has 86 heavy (non-hydrogen) atoms. The van der Waals surface area contributed by atoms with Crippen LogP contribution in [0.2, 0.25) is 0 Å². The molecular weight excluding hydrogens is 1210 g/mol. The van der Waals surface area contributed by atoms with Crippen molar-refractivity contribution in [3.8, 4) is 0 Å². The fourth-order valence-electron chi connectivity index (χ4n) is 10.0. The summed E-state index contributed by atoms with van der Waals surface area (Å²) in [6.07, 6.45) is -53.7. The van der Waals surface area contributed by atoms with E-state index < -0.39 is 251 Å². The van der Waals surface area contributed by atoms with Crippen molar-refractivity contribution in [3.05, 3.63) is 22.3 Å². The summed E-state index contributed by atoms with van der Waals surface area (Å²) in [6, 6.07) is -1.09. The van der Waals surface area contributed by atoms with E-state index in [-0.39, 0.29) is 19.4 Å². The number of carbonyl (C=O) groups excluding carboxylic acids is 1. The first-order valence-electron chi connectivity index (χ1n) is 27.2. The molecular formula is C47H77N3O34S2. The number of nitrogens with zero attached hydrogens (tertiary/aromatic N) is 2. The van der Waals surface area contributed by atoms with E-state index in [2.05, 4.69) is 10.3 Å². The predicted octanol–water partition coefficient (Wildman–Crippen LogP) is -11.8. The molecule has 0 spiro atoms. The summed E-state index contributed by atoms with van der Waals surface area (Å²) >= 11 is 0. The molecule has 0 aromatic rings. The number of aliphatic imine (C=N–C) groups is 1. The van der Waals surface area contributed by atoms with Crippen LogP contribution in [0.4, 0.5) is 0 Å². The highest BCUT2D eigenvalue weighted by molar-refractivity contribution is 8.77. The minimum absolute atomic E-state index is 0.0686. The van der Waals surface area contributed by atoms with Gasteiger partial charge in [0.25, 0.3) is 6.04 Å². The summed E-state index contributed by atoms with van der Waals surface area (Å²) in [5.74, 6) is -0.501. The Balaban J connectivity index is 1.05. The Morgan fingerprint density at radius 1 is 0.523 bits per heavy atom. The van der Waals surface area contributed by atoms with Gasteiger partial charge in [0.15, 0.2) is 43.1 Å². The van der Waals surface area contributed by atoms with Crippen molar-refractivity contribution in [2.24, 2.45) is 4.99 Å². The molecule has 7 heterocycles. The van der Waals surface area contributed by atoms with Gasteiger partial charge < -0.3 is 159 Å². The van der Waals surface area contributed by atoms with Gasteiger partial charge in [0.05, 0.1) is 51.6 Å². The summed E-state index contributed by atoms with van der Waals surface area (Å²) in [5.41, 5.74) is 0. The zero-order chi connectivity index (χ0) is 63.0. The second kappa shape index (κ2) is 32.3. The van der Waals surface area contributed by atoms with Gasteiger partial charge in [0.2, 0.25) is 5.91 Å². The average Bonchev–Trinajstić information content (AvgIpc) is 1.51. The van der Waals surface area contributed by atoms with Crippen LogP contribution in [0.5, 0.6) is 0 Å². The number of amides is 1. The van der Waals surface area contributed by atoms with E-state index in [9.17, 15) is 112 Å². The molecule has 15 unspecified atom stereocenters. The number of aliphatic hydroxyl groups is 19. The number of aliphatic hydroxyl groups excluding tert-OH is 19. The Hall–Kier alpha value is -2.26. The Morgan fingerprint density at radius 3 is 1.44 bits per heavy atom. The topological polar surface area (TPSA) is 580 Å². The van der Waals surface area contributed by atoms with Gasteiger partial charge in [-0.1, -0.05) is 21.6 Å². The fraction of sp³-hybridized carbons (Fsp3) is 0.915. The van der Waals surface area contributed by atoms with Gasteiger partial charge in [0, 0.05) is 17.6 Å². The van der Waals surface area contributed by atoms with Crippen LogP contribution in [0.3, 0.4) is 0 Å². The Bertz CT molecular complexity index is 2170. The molecule has 0 radical (unpaired) electrons. The number of nitrogens with one attached hydrogen (secondary N) is 1. The molecule has 6 saturated heterocycles.